The monoisotopic (exact) mass is 458 g/mol. The van der Waals surface area contributed by atoms with Gasteiger partial charge < -0.3 is 20.1 Å². The first-order chi connectivity index (χ1) is 15.2. The van der Waals surface area contributed by atoms with Crippen molar-refractivity contribution in [2.45, 2.75) is 0 Å². The molecule has 0 aliphatic carbocycles. The second kappa shape index (κ2) is 10.6. The van der Waals surface area contributed by atoms with Gasteiger partial charge in [-0.1, -0.05) is 11.6 Å². The van der Waals surface area contributed by atoms with Crippen LogP contribution in [0.4, 0.5) is 17.1 Å². The van der Waals surface area contributed by atoms with Crippen LogP contribution < -0.4 is 10.6 Å². The predicted octanol–water partition coefficient (Wildman–Crippen LogP) is 3.28. The van der Waals surface area contributed by atoms with E-state index in [-0.39, 0.29) is 27.5 Å². The Balaban J connectivity index is 2.32. The average molecular weight is 459 g/mol. The molecule has 0 saturated carbocycles. The van der Waals surface area contributed by atoms with E-state index in [0.717, 1.165) is 19.4 Å². The Hall–Kier alpha value is -4.43. The van der Waals surface area contributed by atoms with Crippen LogP contribution in [-0.4, -0.2) is 37.0 Å². The van der Waals surface area contributed by atoms with E-state index in [0.29, 0.717) is 0 Å². The lowest BCUT2D eigenvalue weighted by molar-refractivity contribution is -0.384. The summed E-state index contributed by atoms with van der Waals surface area (Å²) in [6, 6.07) is 9.20. The number of nitrogens with zero attached hydrogens (tertiary/aromatic N) is 2. The second-order valence-corrected chi connectivity index (χ2v) is 6.34. The maximum atomic E-state index is 12.4. The third-order valence-electron chi connectivity index (χ3n) is 3.98. The minimum absolute atomic E-state index is 0.0300. The Morgan fingerprint density at radius 3 is 2.41 bits per heavy atom. The molecule has 12 heteroatoms. The fourth-order valence-electron chi connectivity index (χ4n) is 2.42. The van der Waals surface area contributed by atoms with Crippen LogP contribution in [0.1, 0.15) is 20.7 Å². The Kier molecular flexibility index (Phi) is 7.86. The largest absolute Gasteiger partial charge is 0.465 e. The number of carbonyl (C=O) groups excluding carboxylic acids is 3. The SMILES string of the molecule is COC(=O)c1ccc(C(=O)OC)c(N/C=C(/C#N)C(=O)Nc2ccc(Cl)c([N+](=O)[O-])c2)c1. The van der Waals surface area contributed by atoms with Crippen LogP contribution in [0.15, 0.2) is 48.2 Å². The molecule has 164 valence electrons. The van der Waals surface area contributed by atoms with Crippen LogP contribution in [0, 0.1) is 21.4 Å². The van der Waals surface area contributed by atoms with E-state index in [1.807, 2.05) is 0 Å². The highest BCUT2D eigenvalue weighted by Crippen LogP contribution is 2.27. The fraction of sp³-hybridized carbons (Fsp3) is 0.100. The summed E-state index contributed by atoms with van der Waals surface area (Å²) in [6.07, 6.45) is 1.00. The molecule has 11 nitrogen and oxygen atoms in total. The number of anilines is 2. The van der Waals surface area contributed by atoms with Crippen molar-refractivity contribution in [2.24, 2.45) is 0 Å². The lowest BCUT2D eigenvalue weighted by Gasteiger charge is -2.10. The first-order valence-electron chi connectivity index (χ1n) is 8.64. The Morgan fingerprint density at radius 1 is 1.12 bits per heavy atom. The van der Waals surface area contributed by atoms with Gasteiger partial charge in [0.2, 0.25) is 0 Å². The van der Waals surface area contributed by atoms with Gasteiger partial charge in [0.1, 0.15) is 16.7 Å². The number of esters is 2. The van der Waals surface area contributed by atoms with Gasteiger partial charge in [0.25, 0.3) is 11.6 Å². The maximum Gasteiger partial charge on any atom is 0.339 e. The molecule has 0 aliphatic heterocycles. The number of halogens is 1. The van der Waals surface area contributed by atoms with E-state index in [2.05, 4.69) is 20.1 Å². The van der Waals surface area contributed by atoms with Gasteiger partial charge in [0, 0.05) is 18.0 Å². The molecule has 2 aromatic rings. The summed E-state index contributed by atoms with van der Waals surface area (Å²) in [5.41, 5.74) is -0.609. The molecule has 32 heavy (non-hydrogen) atoms. The summed E-state index contributed by atoms with van der Waals surface area (Å²) >= 11 is 5.73. The van der Waals surface area contributed by atoms with Gasteiger partial charge in [-0.05, 0) is 30.3 Å². The summed E-state index contributed by atoms with van der Waals surface area (Å²) < 4.78 is 9.31. The predicted molar refractivity (Wildman–Crippen MR) is 113 cm³/mol. The highest BCUT2D eigenvalue weighted by Gasteiger charge is 2.18. The topological polar surface area (TPSA) is 161 Å². The fourth-order valence-corrected chi connectivity index (χ4v) is 2.61. The van der Waals surface area contributed by atoms with Crippen molar-refractivity contribution in [3.63, 3.8) is 0 Å². The smallest absolute Gasteiger partial charge is 0.339 e. The summed E-state index contributed by atoms with van der Waals surface area (Å²) in [4.78, 5) is 46.4. The number of nitriles is 1. The number of methoxy groups -OCH3 is 2. The van der Waals surface area contributed by atoms with Crippen molar-refractivity contribution in [3.05, 3.63) is 74.4 Å². The zero-order chi connectivity index (χ0) is 23.8. The number of carbonyl (C=O) groups is 3. The van der Waals surface area contributed by atoms with Crippen LogP contribution in [-0.2, 0) is 14.3 Å². The molecule has 0 heterocycles. The Labute approximate surface area is 186 Å². The molecule has 0 spiro atoms. The summed E-state index contributed by atoms with van der Waals surface area (Å²) in [5.74, 6) is -2.29. The number of benzene rings is 2. The maximum absolute atomic E-state index is 12.4. The van der Waals surface area contributed by atoms with E-state index in [4.69, 9.17) is 11.6 Å². The van der Waals surface area contributed by atoms with Crippen molar-refractivity contribution >= 4 is 46.5 Å². The molecule has 2 rings (SSSR count). The molecule has 0 saturated heterocycles. The number of hydrogen-bond acceptors (Lipinski definition) is 9. The lowest BCUT2D eigenvalue weighted by atomic mass is 10.1. The minimum atomic E-state index is -0.889. The first-order valence-corrected chi connectivity index (χ1v) is 9.02. The second-order valence-electron chi connectivity index (χ2n) is 5.94. The molecular weight excluding hydrogens is 444 g/mol. The number of nitro groups is 1. The van der Waals surface area contributed by atoms with E-state index in [1.54, 1.807) is 6.07 Å². The lowest BCUT2D eigenvalue weighted by Crippen LogP contribution is -2.15. The number of nitro benzene ring substituents is 1. The highest BCUT2D eigenvalue weighted by molar-refractivity contribution is 6.32. The number of hydrogen-bond donors (Lipinski definition) is 2. The zero-order valence-electron chi connectivity index (χ0n) is 16.7. The van der Waals surface area contributed by atoms with Crippen molar-refractivity contribution in [2.75, 3.05) is 24.9 Å². The van der Waals surface area contributed by atoms with Crippen molar-refractivity contribution < 1.29 is 28.8 Å². The first kappa shape index (κ1) is 23.8. The van der Waals surface area contributed by atoms with Gasteiger partial charge in [0.15, 0.2) is 0 Å². The minimum Gasteiger partial charge on any atom is -0.465 e. The van der Waals surface area contributed by atoms with E-state index in [1.165, 1.54) is 37.4 Å². The van der Waals surface area contributed by atoms with Crippen molar-refractivity contribution in [1.82, 2.24) is 0 Å². The highest BCUT2D eigenvalue weighted by atomic mass is 35.5. The van der Waals surface area contributed by atoms with Gasteiger partial charge in [0.05, 0.1) is 36.0 Å². The molecule has 0 atom stereocenters. The van der Waals surface area contributed by atoms with Crippen LogP contribution >= 0.6 is 11.6 Å². The number of rotatable bonds is 7. The van der Waals surface area contributed by atoms with Crippen LogP contribution in [0.2, 0.25) is 5.02 Å². The summed E-state index contributed by atoms with van der Waals surface area (Å²) in [7, 11) is 2.35. The van der Waals surface area contributed by atoms with Crippen molar-refractivity contribution in [3.8, 4) is 6.07 Å². The quantitative estimate of drug-likeness (QED) is 0.208. The molecule has 0 aliphatic rings. The van der Waals surface area contributed by atoms with Gasteiger partial charge in [-0.15, -0.1) is 0 Å². The molecule has 0 unspecified atom stereocenters. The number of ether oxygens (including phenoxy) is 2. The third kappa shape index (κ3) is 5.59. The van der Waals surface area contributed by atoms with Gasteiger partial charge in [-0.2, -0.15) is 5.26 Å². The van der Waals surface area contributed by atoms with E-state index in [9.17, 15) is 29.8 Å². The van der Waals surface area contributed by atoms with Crippen LogP contribution in [0.5, 0.6) is 0 Å². The van der Waals surface area contributed by atoms with Gasteiger partial charge in [-0.25, -0.2) is 9.59 Å². The standard InChI is InChI=1S/C20H15ClN4O7/c1-31-19(27)11-3-5-14(20(28)32-2)16(7-11)23-10-12(9-22)18(26)24-13-4-6-15(21)17(8-13)25(29)30/h3-8,10,23H,1-2H3,(H,24,26)/b12-10-. The molecule has 0 bridgehead atoms. The molecule has 1 amide bonds. The Morgan fingerprint density at radius 2 is 1.81 bits per heavy atom. The van der Waals surface area contributed by atoms with Gasteiger partial charge >= 0.3 is 11.9 Å². The number of amides is 1. The van der Waals surface area contributed by atoms with Crippen LogP contribution in [0.25, 0.3) is 0 Å². The van der Waals surface area contributed by atoms with Gasteiger partial charge in [-0.3, -0.25) is 14.9 Å². The molecular formula is C20H15ClN4O7. The normalized spacial score (nSPS) is 10.5. The Bertz CT molecular complexity index is 1170. The van der Waals surface area contributed by atoms with Crippen molar-refractivity contribution in [1.29, 1.82) is 5.26 Å². The zero-order valence-corrected chi connectivity index (χ0v) is 17.4. The van der Waals surface area contributed by atoms with Crippen LogP contribution in [0.3, 0.4) is 0 Å². The molecule has 0 fully saturated rings. The molecule has 2 aromatic carbocycles. The molecule has 0 radical (unpaired) electrons. The van der Waals surface area contributed by atoms with E-state index < -0.39 is 34.0 Å². The molecule has 2 N–H and O–H groups in total. The molecule has 0 aromatic heterocycles. The summed E-state index contributed by atoms with van der Waals surface area (Å²) in [5, 5.41) is 25.2. The average Bonchev–Trinajstić information content (AvgIpc) is 2.79. The number of nitrogens with one attached hydrogen (secondary N) is 2. The van der Waals surface area contributed by atoms with E-state index >= 15 is 0 Å². The summed E-state index contributed by atoms with van der Waals surface area (Å²) in [6.45, 7) is 0. The third-order valence-corrected chi connectivity index (χ3v) is 4.30.